The van der Waals surface area contributed by atoms with Gasteiger partial charge in [-0.25, -0.2) is 4.79 Å². The summed E-state index contributed by atoms with van der Waals surface area (Å²) in [5, 5.41) is 3.86. The van der Waals surface area contributed by atoms with Gasteiger partial charge in [-0.1, -0.05) is 5.16 Å². The minimum atomic E-state index is -0.122. The fourth-order valence-electron chi connectivity index (χ4n) is 2.24. The molecule has 0 atom stereocenters. The summed E-state index contributed by atoms with van der Waals surface area (Å²) in [6.07, 6.45) is 0. The first kappa shape index (κ1) is 12.6. The van der Waals surface area contributed by atoms with E-state index in [1.807, 2.05) is 32.0 Å². The predicted molar refractivity (Wildman–Crippen MR) is 74.1 cm³/mol. The van der Waals surface area contributed by atoms with Crippen LogP contribution in [0.15, 0.2) is 27.5 Å². The van der Waals surface area contributed by atoms with Crippen molar-refractivity contribution < 1.29 is 4.52 Å². The van der Waals surface area contributed by atoms with Crippen LogP contribution < -0.4 is 11.4 Å². The van der Waals surface area contributed by atoms with Gasteiger partial charge >= 0.3 is 5.69 Å². The van der Waals surface area contributed by atoms with Crippen LogP contribution in [-0.4, -0.2) is 19.7 Å². The van der Waals surface area contributed by atoms with Gasteiger partial charge < -0.3 is 15.2 Å². The van der Waals surface area contributed by atoms with Gasteiger partial charge in [0.25, 0.3) is 0 Å². The molecular weight excluding hydrogens is 258 g/mol. The number of nitrogens with one attached hydrogen (secondary N) is 1. The maximum Gasteiger partial charge on any atom is 0.326 e. The highest BCUT2D eigenvalue weighted by Crippen LogP contribution is 2.22. The molecule has 0 radical (unpaired) electrons. The van der Waals surface area contributed by atoms with Crippen molar-refractivity contribution in [3.05, 3.63) is 34.6 Å². The average molecular weight is 273 g/mol. The Balaban J connectivity index is 2.14. The number of nitrogens with zero attached hydrogens (tertiary/aromatic N) is 3. The summed E-state index contributed by atoms with van der Waals surface area (Å²) in [6.45, 7) is 4.14. The van der Waals surface area contributed by atoms with Crippen molar-refractivity contribution >= 4 is 11.0 Å². The number of imidazole rings is 1. The van der Waals surface area contributed by atoms with Gasteiger partial charge in [0.1, 0.15) is 0 Å². The van der Waals surface area contributed by atoms with E-state index in [4.69, 9.17) is 10.3 Å². The van der Waals surface area contributed by atoms with Gasteiger partial charge in [0, 0.05) is 11.6 Å². The molecule has 0 aliphatic heterocycles. The largest absolute Gasteiger partial charge is 0.338 e. The fourth-order valence-corrected chi connectivity index (χ4v) is 2.24. The highest BCUT2D eigenvalue weighted by molar-refractivity contribution is 5.80. The molecule has 104 valence electrons. The lowest BCUT2D eigenvalue weighted by atomic mass is 10.2. The van der Waals surface area contributed by atoms with Crippen molar-refractivity contribution in [3.8, 4) is 11.4 Å². The van der Waals surface area contributed by atoms with E-state index in [1.165, 1.54) is 0 Å². The molecule has 0 aliphatic rings. The Kier molecular flexibility index (Phi) is 2.90. The summed E-state index contributed by atoms with van der Waals surface area (Å²) < 4.78 is 6.69. The quantitative estimate of drug-likeness (QED) is 0.751. The standard InChI is InChI=1S/C13H15N5O2/c1-7(2)18-10-4-3-8(5-9(10)15-13(18)19)12-16-11(6-14)20-17-12/h3-5,7H,6,14H2,1-2H3,(H,15,19). The van der Waals surface area contributed by atoms with Crippen molar-refractivity contribution in [3.63, 3.8) is 0 Å². The number of hydrogen-bond donors (Lipinski definition) is 2. The van der Waals surface area contributed by atoms with Crippen LogP contribution >= 0.6 is 0 Å². The number of aromatic amines is 1. The highest BCUT2D eigenvalue weighted by atomic mass is 16.5. The summed E-state index contributed by atoms with van der Waals surface area (Å²) in [7, 11) is 0. The van der Waals surface area contributed by atoms with E-state index in [0.717, 1.165) is 16.6 Å². The Labute approximate surface area is 114 Å². The number of rotatable bonds is 3. The first-order chi connectivity index (χ1) is 9.60. The lowest BCUT2D eigenvalue weighted by Gasteiger charge is -2.06. The molecule has 0 amide bonds. The number of benzene rings is 1. The Morgan fingerprint density at radius 3 is 2.90 bits per heavy atom. The van der Waals surface area contributed by atoms with E-state index in [0.29, 0.717) is 11.7 Å². The van der Waals surface area contributed by atoms with Crippen LogP contribution in [0.5, 0.6) is 0 Å². The molecule has 0 saturated heterocycles. The second-order valence-electron chi connectivity index (χ2n) is 4.84. The Hall–Kier alpha value is -2.41. The fraction of sp³-hybridized carbons (Fsp3) is 0.308. The first-order valence-electron chi connectivity index (χ1n) is 6.37. The Morgan fingerprint density at radius 1 is 1.45 bits per heavy atom. The van der Waals surface area contributed by atoms with Gasteiger partial charge in [0.05, 0.1) is 17.6 Å². The van der Waals surface area contributed by atoms with Crippen LogP contribution in [0.3, 0.4) is 0 Å². The number of H-pyrrole nitrogens is 1. The molecule has 2 heterocycles. The average Bonchev–Trinajstić information content (AvgIpc) is 3.00. The minimum Gasteiger partial charge on any atom is -0.338 e. The van der Waals surface area contributed by atoms with Crippen molar-refractivity contribution in [1.82, 2.24) is 19.7 Å². The Morgan fingerprint density at radius 2 is 2.25 bits per heavy atom. The van der Waals surface area contributed by atoms with E-state index in [-0.39, 0.29) is 18.3 Å². The molecule has 3 N–H and O–H groups in total. The second-order valence-corrected chi connectivity index (χ2v) is 4.84. The normalized spacial score (nSPS) is 11.6. The van der Waals surface area contributed by atoms with Crippen LogP contribution in [0.4, 0.5) is 0 Å². The van der Waals surface area contributed by atoms with Gasteiger partial charge in [-0.05, 0) is 32.0 Å². The van der Waals surface area contributed by atoms with Crippen LogP contribution in [0.25, 0.3) is 22.4 Å². The summed E-state index contributed by atoms with van der Waals surface area (Å²) in [4.78, 5) is 18.9. The molecule has 0 fully saturated rings. The van der Waals surface area contributed by atoms with Crippen LogP contribution in [0.2, 0.25) is 0 Å². The minimum absolute atomic E-state index is 0.0936. The maximum absolute atomic E-state index is 11.9. The lowest BCUT2D eigenvalue weighted by molar-refractivity contribution is 0.380. The highest BCUT2D eigenvalue weighted by Gasteiger charge is 2.12. The van der Waals surface area contributed by atoms with Gasteiger partial charge in [-0.2, -0.15) is 4.98 Å². The predicted octanol–water partition coefficient (Wildman–Crippen LogP) is 1.42. The first-order valence-corrected chi connectivity index (χ1v) is 6.37. The SMILES string of the molecule is CC(C)n1c(=O)[nH]c2cc(-c3noc(CN)n3)ccc21. The molecule has 0 bridgehead atoms. The molecular formula is C13H15N5O2. The lowest BCUT2D eigenvalue weighted by Crippen LogP contribution is -2.18. The maximum atomic E-state index is 11.9. The summed E-state index contributed by atoms with van der Waals surface area (Å²) >= 11 is 0. The van der Waals surface area contributed by atoms with Gasteiger partial charge in [-0.15, -0.1) is 0 Å². The third-order valence-electron chi connectivity index (χ3n) is 3.13. The van der Waals surface area contributed by atoms with Crippen molar-refractivity contribution in [1.29, 1.82) is 0 Å². The molecule has 0 spiro atoms. The van der Waals surface area contributed by atoms with E-state index < -0.39 is 0 Å². The molecule has 3 aromatic rings. The molecule has 7 nitrogen and oxygen atoms in total. The number of fused-ring (bicyclic) bond motifs is 1. The Bertz CT molecular complexity index is 812. The topological polar surface area (TPSA) is 103 Å². The van der Waals surface area contributed by atoms with E-state index in [1.54, 1.807) is 4.57 Å². The van der Waals surface area contributed by atoms with E-state index >= 15 is 0 Å². The molecule has 0 unspecified atom stereocenters. The monoisotopic (exact) mass is 273 g/mol. The molecule has 0 aliphatic carbocycles. The van der Waals surface area contributed by atoms with Crippen LogP contribution in [0, 0.1) is 0 Å². The van der Waals surface area contributed by atoms with Gasteiger partial charge in [0.15, 0.2) is 0 Å². The van der Waals surface area contributed by atoms with Crippen molar-refractivity contribution in [2.45, 2.75) is 26.4 Å². The zero-order valence-corrected chi connectivity index (χ0v) is 11.3. The number of aromatic nitrogens is 4. The molecule has 20 heavy (non-hydrogen) atoms. The summed E-state index contributed by atoms with van der Waals surface area (Å²) in [5.41, 5.74) is 7.70. The second kappa shape index (κ2) is 4.61. The summed E-state index contributed by atoms with van der Waals surface area (Å²) in [5.74, 6) is 0.846. The van der Waals surface area contributed by atoms with Crippen LogP contribution in [0.1, 0.15) is 25.8 Å². The zero-order valence-electron chi connectivity index (χ0n) is 11.3. The van der Waals surface area contributed by atoms with Gasteiger partial charge in [-0.3, -0.25) is 4.57 Å². The molecule has 1 aromatic carbocycles. The summed E-state index contributed by atoms with van der Waals surface area (Å²) in [6, 6.07) is 5.66. The molecule has 0 saturated carbocycles. The van der Waals surface area contributed by atoms with E-state index in [9.17, 15) is 4.79 Å². The van der Waals surface area contributed by atoms with Crippen LogP contribution in [-0.2, 0) is 6.54 Å². The molecule has 7 heteroatoms. The third-order valence-corrected chi connectivity index (χ3v) is 3.13. The van der Waals surface area contributed by atoms with Crippen molar-refractivity contribution in [2.24, 2.45) is 5.73 Å². The van der Waals surface area contributed by atoms with Crippen molar-refractivity contribution in [2.75, 3.05) is 0 Å². The third kappa shape index (κ3) is 1.92. The molecule has 2 aromatic heterocycles. The van der Waals surface area contributed by atoms with Gasteiger partial charge in [0.2, 0.25) is 11.7 Å². The zero-order chi connectivity index (χ0) is 14.3. The smallest absolute Gasteiger partial charge is 0.326 e. The number of nitrogens with two attached hydrogens (primary N) is 1. The number of hydrogen-bond acceptors (Lipinski definition) is 5. The van der Waals surface area contributed by atoms with E-state index in [2.05, 4.69) is 15.1 Å². The molecule has 3 rings (SSSR count).